The summed E-state index contributed by atoms with van der Waals surface area (Å²) in [6, 6.07) is 16.3. The van der Waals surface area contributed by atoms with Crippen LogP contribution in [-0.2, 0) is 11.8 Å². The van der Waals surface area contributed by atoms with E-state index in [1.54, 1.807) is 25.6 Å². The minimum atomic E-state index is -0.497. The Bertz CT molecular complexity index is 1410. The van der Waals surface area contributed by atoms with Crippen molar-refractivity contribution in [1.82, 2.24) is 19.3 Å². The quantitative estimate of drug-likeness (QED) is 0.417. The number of benzene rings is 2. The van der Waals surface area contributed by atoms with Crippen molar-refractivity contribution in [2.24, 2.45) is 7.05 Å². The number of nitrogens with one attached hydrogen (secondary N) is 1. The van der Waals surface area contributed by atoms with Crippen LogP contribution in [0.4, 0.5) is 10.5 Å². The molecule has 1 saturated carbocycles. The topological polar surface area (TPSA) is 107 Å². The predicted octanol–water partition coefficient (Wildman–Crippen LogP) is 5.39. The van der Waals surface area contributed by atoms with Gasteiger partial charge in [0.15, 0.2) is 0 Å². The highest BCUT2D eigenvalue weighted by Gasteiger charge is 2.31. The Morgan fingerprint density at radius 2 is 1.97 bits per heavy atom. The molecular weight excluding hydrogens is 432 g/mol. The lowest BCUT2D eigenvalue weighted by molar-refractivity contribution is 0.130. The number of carbonyl (C=O) groups excluding carboxylic acids is 1. The fourth-order valence-corrected chi connectivity index (χ4v) is 4.02. The number of ether oxygens (including phenoxy) is 2. The average Bonchev–Trinajstić information content (AvgIpc) is 3.48. The molecule has 4 aromatic rings. The van der Waals surface area contributed by atoms with Gasteiger partial charge in [-0.15, -0.1) is 0 Å². The number of amides is 1. The zero-order chi connectivity index (χ0) is 23.8. The standard InChI is InChI=1S/C25H24N6O3/c1-15(2)33-25(32)29-17-6-4-16(5-7-17)23-21(13-26)20-11-10-19(34-24-27-14-28-30(24)3)12-22(20)31(23)18-8-9-18/h4-7,10-12,14-15,18H,8-9H2,1-3H3,(H,29,32). The maximum Gasteiger partial charge on any atom is 0.411 e. The van der Waals surface area contributed by atoms with E-state index in [0.717, 1.165) is 35.0 Å². The first-order valence-electron chi connectivity index (χ1n) is 11.1. The summed E-state index contributed by atoms with van der Waals surface area (Å²) in [7, 11) is 1.76. The zero-order valence-electron chi connectivity index (χ0n) is 19.1. The number of fused-ring (bicyclic) bond motifs is 1. The Labute approximate surface area is 196 Å². The summed E-state index contributed by atoms with van der Waals surface area (Å²) in [6.45, 7) is 3.60. The molecule has 0 bridgehead atoms. The highest BCUT2D eigenvalue weighted by Crippen LogP contribution is 2.45. The third-order valence-electron chi connectivity index (χ3n) is 5.63. The largest absolute Gasteiger partial charge is 0.447 e. The van der Waals surface area contributed by atoms with Crippen LogP contribution in [-0.4, -0.2) is 31.5 Å². The normalized spacial score (nSPS) is 13.1. The monoisotopic (exact) mass is 456 g/mol. The smallest absolute Gasteiger partial charge is 0.411 e. The summed E-state index contributed by atoms with van der Waals surface area (Å²) >= 11 is 0. The van der Waals surface area contributed by atoms with Crippen LogP contribution in [0, 0.1) is 11.3 Å². The summed E-state index contributed by atoms with van der Waals surface area (Å²) in [5.74, 6) is 0.627. The Kier molecular flexibility index (Phi) is 5.42. The first kappa shape index (κ1) is 21.5. The molecule has 34 heavy (non-hydrogen) atoms. The van der Waals surface area contributed by atoms with Crippen molar-refractivity contribution in [2.75, 3.05) is 5.32 Å². The molecule has 0 radical (unpaired) electrons. The van der Waals surface area contributed by atoms with Crippen molar-refractivity contribution in [3.8, 4) is 29.1 Å². The van der Waals surface area contributed by atoms with E-state index in [0.29, 0.717) is 29.1 Å². The molecule has 0 saturated heterocycles. The Morgan fingerprint density at radius 3 is 2.59 bits per heavy atom. The molecule has 1 aliphatic carbocycles. The number of nitriles is 1. The van der Waals surface area contributed by atoms with Crippen LogP contribution in [0.25, 0.3) is 22.2 Å². The SMILES string of the molecule is CC(C)OC(=O)Nc1ccc(-c2c(C#N)c3ccc(Oc4ncnn4C)cc3n2C2CC2)cc1. The molecule has 172 valence electrons. The summed E-state index contributed by atoms with van der Waals surface area (Å²) in [5, 5.41) is 17.7. The van der Waals surface area contributed by atoms with Crippen LogP contribution in [0.2, 0.25) is 0 Å². The maximum atomic E-state index is 11.9. The van der Waals surface area contributed by atoms with Gasteiger partial charge in [0, 0.05) is 30.2 Å². The first-order chi connectivity index (χ1) is 16.4. The van der Waals surface area contributed by atoms with Crippen molar-refractivity contribution < 1.29 is 14.3 Å². The molecule has 9 nitrogen and oxygen atoms in total. The van der Waals surface area contributed by atoms with Gasteiger partial charge in [-0.05, 0) is 56.5 Å². The lowest BCUT2D eigenvalue weighted by atomic mass is 10.1. The Balaban J connectivity index is 1.54. The number of aromatic nitrogens is 4. The summed E-state index contributed by atoms with van der Waals surface area (Å²) in [4.78, 5) is 16.0. The molecule has 0 unspecified atom stereocenters. The van der Waals surface area contributed by atoms with E-state index in [2.05, 4.69) is 26.0 Å². The second-order valence-electron chi connectivity index (χ2n) is 8.54. The highest BCUT2D eigenvalue weighted by molar-refractivity contribution is 5.96. The number of hydrogen-bond acceptors (Lipinski definition) is 6. The van der Waals surface area contributed by atoms with E-state index in [1.165, 1.54) is 6.33 Å². The molecular formula is C25H24N6O3. The summed E-state index contributed by atoms with van der Waals surface area (Å²) in [6.07, 6.45) is 2.85. The van der Waals surface area contributed by atoms with Crippen LogP contribution >= 0.6 is 0 Å². The van der Waals surface area contributed by atoms with Gasteiger partial charge in [0.1, 0.15) is 18.1 Å². The van der Waals surface area contributed by atoms with Gasteiger partial charge in [0.05, 0.1) is 22.9 Å². The van der Waals surface area contributed by atoms with Crippen molar-refractivity contribution in [3.63, 3.8) is 0 Å². The van der Waals surface area contributed by atoms with Gasteiger partial charge in [-0.2, -0.15) is 15.3 Å². The van der Waals surface area contributed by atoms with Crippen molar-refractivity contribution in [3.05, 3.63) is 54.4 Å². The minimum absolute atomic E-state index is 0.200. The van der Waals surface area contributed by atoms with E-state index in [9.17, 15) is 10.1 Å². The summed E-state index contributed by atoms with van der Waals surface area (Å²) < 4.78 is 14.9. The molecule has 0 atom stereocenters. The van der Waals surface area contributed by atoms with Crippen LogP contribution in [0.15, 0.2) is 48.8 Å². The average molecular weight is 457 g/mol. The van der Waals surface area contributed by atoms with E-state index in [-0.39, 0.29) is 6.10 Å². The van der Waals surface area contributed by atoms with Crippen LogP contribution in [0.5, 0.6) is 11.8 Å². The van der Waals surface area contributed by atoms with Gasteiger partial charge in [-0.25, -0.2) is 9.48 Å². The number of nitrogens with zero attached hydrogens (tertiary/aromatic N) is 5. The molecule has 1 amide bonds. The molecule has 1 N–H and O–H groups in total. The number of aryl methyl sites for hydroxylation is 1. The maximum absolute atomic E-state index is 11.9. The van der Waals surface area contributed by atoms with E-state index in [4.69, 9.17) is 9.47 Å². The van der Waals surface area contributed by atoms with Gasteiger partial charge >= 0.3 is 12.1 Å². The van der Waals surface area contributed by atoms with Gasteiger partial charge < -0.3 is 14.0 Å². The van der Waals surface area contributed by atoms with Gasteiger partial charge in [0.25, 0.3) is 0 Å². The van der Waals surface area contributed by atoms with Crippen LogP contribution in [0.1, 0.15) is 38.3 Å². The molecule has 0 spiro atoms. The fourth-order valence-electron chi connectivity index (χ4n) is 4.02. The summed E-state index contributed by atoms with van der Waals surface area (Å²) in [5.41, 5.74) is 3.95. The number of rotatable bonds is 6. The minimum Gasteiger partial charge on any atom is -0.447 e. The zero-order valence-corrected chi connectivity index (χ0v) is 19.1. The van der Waals surface area contributed by atoms with Crippen molar-refractivity contribution >= 4 is 22.7 Å². The lowest BCUT2D eigenvalue weighted by Gasteiger charge is -2.12. The van der Waals surface area contributed by atoms with Crippen LogP contribution < -0.4 is 10.1 Å². The molecule has 5 rings (SSSR count). The highest BCUT2D eigenvalue weighted by atomic mass is 16.6. The molecule has 1 aliphatic rings. The predicted molar refractivity (Wildman–Crippen MR) is 127 cm³/mol. The van der Waals surface area contributed by atoms with E-state index in [1.807, 2.05) is 42.5 Å². The fraction of sp³-hybridized carbons (Fsp3) is 0.280. The Hall–Kier alpha value is -4.32. The van der Waals surface area contributed by atoms with Gasteiger partial charge in [-0.1, -0.05) is 12.1 Å². The third kappa shape index (κ3) is 4.06. The number of carbonyl (C=O) groups is 1. The molecule has 2 aromatic carbocycles. The first-order valence-corrected chi connectivity index (χ1v) is 11.1. The number of anilines is 1. The van der Waals surface area contributed by atoms with Crippen molar-refractivity contribution in [1.29, 1.82) is 5.26 Å². The van der Waals surface area contributed by atoms with Gasteiger partial charge in [-0.3, -0.25) is 5.32 Å². The number of hydrogen-bond donors (Lipinski definition) is 1. The molecule has 1 fully saturated rings. The van der Waals surface area contributed by atoms with Crippen LogP contribution in [0.3, 0.4) is 0 Å². The lowest BCUT2D eigenvalue weighted by Crippen LogP contribution is -2.17. The van der Waals surface area contributed by atoms with Crippen molar-refractivity contribution in [2.45, 2.75) is 38.8 Å². The van der Waals surface area contributed by atoms with Gasteiger partial charge in [0.2, 0.25) is 0 Å². The van der Waals surface area contributed by atoms with E-state index >= 15 is 0 Å². The Morgan fingerprint density at radius 1 is 1.21 bits per heavy atom. The second-order valence-corrected chi connectivity index (χ2v) is 8.54. The molecule has 2 heterocycles. The van der Waals surface area contributed by atoms with E-state index < -0.39 is 6.09 Å². The molecule has 2 aromatic heterocycles. The molecule has 9 heteroatoms. The molecule has 0 aliphatic heterocycles. The second kappa shape index (κ2) is 8.56. The third-order valence-corrected chi connectivity index (χ3v) is 5.63.